The quantitative estimate of drug-likeness (QED) is 0.816. The van der Waals surface area contributed by atoms with Crippen molar-refractivity contribution in [3.05, 3.63) is 78.4 Å². The predicted molar refractivity (Wildman–Crippen MR) is 116 cm³/mol. The standard InChI is InChI=1S/C23H24N6/c1-2-4-21-20(3-1)22(17-18-5-9-24-10-6-18)26-27-23(21)29-15-13-28(14-16-29)19-7-11-25-12-8-19/h1-3,5-12,21H,4,13-17H2. The summed E-state index contributed by atoms with van der Waals surface area (Å²) in [5.41, 5.74) is 4.84. The summed E-state index contributed by atoms with van der Waals surface area (Å²) in [6.07, 6.45) is 15.8. The zero-order valence-corrected chi connectivity index (χ0v) is 16.4. The summed E-state index contributed by atoms with van der Waals surface area (Å²) >= 11 is 0. The van der Waals surface area contributed by atoms with E-state index in [1.807, 2.05) is 36.9 Å². The average molecular weight is 384 g/mol. The molecule has 0 N–H and O–H groups in total. The minimum Gasteiger partial charge on any atom is -0.368 e. The highest BCUT2D eigenvalue weighted by Gasteiger charge is 2.33. The molecule has 0 radical (unpaired) electrons. The lowest BCUT2D eigenvalue weighted by molar-refractivity contribution is 0.368. The second-order valence-corrected chi connectivity index (χ2v) is 7.56. The summed E-state index contributed by atoms with van der Waals surface area (Å²) in [6.45, 7) is 3.89. The highest BCUT2D eigenvalue weighted by Crippen LogP contribution is 2.30. The fourth-order valence-corrected chi connectivity index (χ4v) is 4.27. The number of fused-ring (bicyclic) bond motifs is 1. The van der Waals surface area contributed by atoms with E-state index in [4.69, 9.17) is 5.10 Å². The van der Waals surface area contributed by atoms with Gasteiger partial charge in [-0.1, -0.05) is 18.2 Å². The first-order chi connectivity index (χ1) is 14.4. The Morgan fingerprint density at radius 2 is 1.52 bits per heavy atom. The van der Waals surface area contributed by atoms with Gasteiger partial charge >= 0.3 is 0 Å². The first-order valence-electron chi connectivity index (χ1n) is 10.2. The van der Waals surface area contributed by atoms with Crippen LogP contribution in [0.3, 0.4) is 0 Å². The number of rotatable bonds is 3. The van der Waals surface area contributed by atoms with Crippen LogP contribution in [0, 0.1) is 5.92 Å². The van der Waals surface area contributed by atoms with Crippen LogP contribution in [0.5, 0.6) is 0 Å². The van der Waals surface area contributed by atoms with Crippen molar-refractivity contribution in [3.8, 4) is 0 Å². The van der Waals surface area contributed by atoms with Crippen LogP contribution in [0.1, 0.15) is 12.0 Å². The summed E-state index contributed by atoms with van der Waals surface area (Å²) < 4.78 is 0. The van der Waals surface area contributed by atoms with Crippen molar-refractivity contribution in [2.24, 2.45) is 16.1 Å². The molecule has 0 amide bonds. The Hall–Kier alpha value is -3.28. The number of nitrogens with zero attached hydrogens (tertiary/aromatic N) is 6. The molecule has 2 aliphatic heterocycles. The Kier molecular flexibility index (Phi) is 4.90. The zero-order chi connectivity index (χ0) is 19.5. The topological polar surface area (TPSA) is 57.0 Å². The lowest BCUT2D eigenvalue weighted by Gasteiger charge is -2.40. The second-order valence-electron chi connectivity index (χ2n) is 7.56. The van der Waals surface area contributed by atoms with Crippen LogP contribution in [0.4, 0.5) is 5.69 Å². The van der Waals surface area contributed by atoms with Gasteiger partial charge in [-0.2, -0.15) is 5.10 Å². The van der Waals surface area contributed by atoms with Gasteiger partial charge in [0.05, 0.1) is 5.71 Å². The molecule has 0 aromatic carbocycles. The molecule has 1 fully saturated rings. The summed E-state index contributed by atoms with van der Waals surface area (Å²) in [5.74, 6) is 1.43. The van der Waals surface area contributed by atoms with Crippen LogP contribution in [0.25, 0.3) is 0 Å². The number of hydrogen-bond donors (Lipinski definition) is 0. The SMILES string of the molecule is C1=CCC2C(=C1)C(Cc1ccncc1)=NN=C2N1CCN(c2ccncc2)CC1. The lowest BCUT2D eigenvalue weighted by atomic mass is 9.84. The highest BCUT2D eigenvalue weighted by molar-refractivity contribution is 6.09. The monoisotopic (exact) mass is 384 g/mol. The third-order valence-electron chi connectivity index (χ3n) is 5.83. The van der Waals surface area contributed by atoms with Crippen molar-refractivity contribution in [2.45, 2.75) is 12.8 Å². The Labute approximate surface area is 171 Å². The third-order valence-corrected chi connectivity index (χ3v) is 5.83. The summed E-state index contributed by atoms with van der Waals surface area (Å²) in [5, 5.41) is 9.39. The molecular weight excluding hydrogens is 360 g/mol. The first kappa shape index (κ1) is 17.8. The number of pyridine rings is 2. The van der Waals surface area contributed by atoms with Crippen molar-refractivity contribution >= 4 is 17.2 Å². The molecule has 6 heteroatoms. The maximum Gasteiger partial charge on any atom is 0.135 e. The third kappa shape index (κ3) is 3.70. The van der Waals surface area contributed by atoms with Crippen LogP contribution in [-0.2, 0) is 6.42 Å². The smallest absolute Gasteiger partial charge is 0.135 e. The highest BCUT2D eigenvalue weighted by atomic mass is 15.4. The molecule has 3 aliphatic rings. The van der Waals surface area contributed by atoms with E-state index in [0.29, 0.717) is 5.92 Å². The molecular formula is C23H24N6. The van der Waals surface area contributed by atoms with E-state index in [9.17, 15) is 0 Å². The molecule has 0 spiro atoms. The van der Waals surface area contributed by atoms with Crippen LogP contribution in [0.2, 0.25) is 0 Å². The van der Waals surface area contributed by atoms with Crippen molar-refractivity contribution in [2.75, 3.05) is 31.1 Å². The van der Waals surface area contributed by atoms with Gasteiger partial charge in [0.25, 0.3) is 0 Å². The number of allylic oxidation sites excluding steroid dienone is 3. The summed E-state index contributed by atoms with van der Waals surface area (Å²) in [6, 6.07) is 8.26. The Morgan fingerprint density at radius 3 is 2.28 bits per heavy atom. The van der Waals surface area contributed by atoms with Gasteiger partial charge in [0.2, 0.25) is 0 Å². The zero-order valence-electron chi connectivity index (χ0n) is 16.4. The van der Waals surface area contributed by atoms with E-state index >= 15 is 0 Å². The van der Waals surface area contributed by atoms with Crippen molar-refractivity contribution in [1.82, 2.24) is 14.9 Å². The van der Waals surface area contributed by atoms with Crippen LogP contribution in [-0.4, -0.2) is 52.6 Å². The number of anilines is 1. The molecule has 0 saturated carbocycles. The number of piperazine rings is 1. The minimum absolute atomic E-state index is 0.307. The molecule has 2 aromatic rings. The number of hydrogen-bond acceptors (Lipinski definition) is 6. The molecule has 1 atom stereocenters. The molecule has 1 saturated heterocycles. The van der Waals surface area contributed by atoms with Crippen LogP contribution >= 0.6 is 0 Å². The van der Waals surface area contributed by atoms with E-state index in [1.165, 1.54) is 16.8 Å². The van der Waals surface area contributed by atoms with Crippen LogP contribution < -0.4 is 4.90 Å². The molecule has 1 unspecified atom stereocenters. The summed E-state index contributed by atoms with van der Waals surface area (Å²) in [4.78, 5) is 13.1. The van der Waals surface area contributed by atoms with Crippen molar-refractivity contribution in [1.29, 1.82) is 0 Å². The van der Waals surface area contributed by atoms with E-state index in [-0.39, 0.29) is 0 Å². The van der Waals surface area contributed by atoms with Gasteiger partial charge in [-0.15, -0.1) is 5.10 Å². The van der Waals surface area contributed by atoms with E-state index < -0.39 is 0 Å². The first-order valence-corrected chi connectivity index (χ1v) is 10.2. The number of amidine groups is 1. The van der Waals surface area contributed by atoms with Gasteiger partial charge in [-0.25, -0.2) is 0 Å². The molecule has 0 bridgehead atoms. The van der Waals surface area contributed by atoms with Crippen LogP contribution in [0.15, 0.2) is 83.1 Å². The minimum atomic E-state index is 0.307. The lowest BCUT2D eigenvalue weighted by Crippen LogP contribution is -2.51. The molecule has 146 valence electrons. The van der Waals surface area contributed by atoms with Gasteiger partial charge in [0.15, 0.2) is 0 Å². The number of aromatic nitrogens is 2. The Morgan fingerprint density at radius 1 is 0.828 bits per heavy atom. The van der Waals surface area contributed by atoms with E-state index in [0.717, 1.165) is 50.6 Å². The largest absolute Gasteiger partial charge is 0.368 e. The normalized spacial score (nSPS) is 21.2. The molecule has 2 aromatic heterocycles. The van der Waals surface area contributed by atoms with Crippen molar-refractivity contribution in [3.63, 3.8) is 0 Å². The van der Waals surface area contributed by atoms with Gasteiger partial charge < -0.3 is 9.80 Å². The maximum atomic E-state index is 4.72. The van der Waals surface area contributed by atoms with Gasteiger partial charge in [-0.05, 0) is 41.8 Å². The maximum absolute atomic E-state index is 4.72. The molecule has 6 nitrogen and oxygen atoms in total. The Balaban J connectivity index is 1.34. The average Bonchev–Trinajstić information content (AvgIpc) is 2.81. The van der Waals surface area contributed by atoms with Crippen molar-refractivity contribution < 1.29 is 0 Å². The Bertz CT molecular complexity index is 969. The second kappa shape index (κ2) is 7.99. The molecule has 1 aliphatic carbocycles. The van der Waals surface area contributed by atoms with E-state index in [1.54, 1.807) is 0 Å². The summed E-state index contributed by atoms with van der Waals surface area (Å²) in [7, 11) is 0. The molecule has 29 heavy (non-hydrogen) atoms. The molecule has 5 rings (SSSR count). The predicted octanol–water partition coefficient (Wildman–Crippen LogP) is 3.11. The molecule has 4 heterocycles. The van der Waals surface area contributed by atoms with Gasteiger partial charge in [0.1, 0.15) is 5.84 Å². The fraction of sp³-hybridized carbons (Fsp3) is 0.304. The van der Waals surface area contributed by atoms with E-state index in [2.05, 4.69) is 55.2 Å². The van der Waals surface area contributed by atoms with Gasteiger partial charge in [0, 0.05) is 69.0 Å². The van der Waals surface area contributed by atoms with Gasteiger partial charge in [-0.3, -0.25) is 9.97 Å². The fourth-order valence-electron chi connectivity index (χ4n) is 4.27.